The van der Waals surface area contributed by atoms with Gasteiger partial charge in [-0.1, -0.05) is 18.2 Å². The van der Waals surface area contributed by atoms with Crippen LogP contribution in [0.3, 0.4) is 0 Å². The van der Waals surface area contributed by atoms with Crippen LogP contribution in [0.2, 0.25) is 0 Å². The molecule has 0 spiro atoms. The lowest BCUT2D eigenvalue weighted by Gasteiger charge is -2.12. The van der Waals surface area contributed by atoms with Gasteiger partial charge >= 0.3 is 0 Å². The molecule has 3 aromatic carbocycles. The van der Waals surface area contributed by atoms with E-state index in [0.29, 0.717) is 53.8 Å². The molecule has 10 heteroatoms. The second-order valence-electron chi connectivity index (χ2n) is 8.72. The minimum absolute atomic E-state index is 0.0408. The van der Waals surface area contributed by atoms with E-state index in [0.717, 1.165) is 11.1 Å². The van der Waals surface area contributed by atoms with Crippen molar-refractivity contribution in [3.63, 3.8) is 0 Å². The second-order valence-corrected chi connectivity index (χ2v) is 8.72. The molecule has 4 rings (SSSR count). The van der Waals surface area contributed by atoms with Crippen molar-refractivity contribution in [3.05, 3.63) is 105 Å². The van der Waals surface area contributed by atoms with Crippen molar-refractivity contribution in [2.45, 2.75) is 33.9 Å². The maximum atomic E-state index is 12.9. The number of carbonyl (C=O) groups is 1. The Morgan fingerprint density at radius 2 is 1.77 bits per heavy atom. The van der Waals surface area contributed by atoms with Crippen molar-refractivity contribution < 1.29 is 23.9 Å². The van der Waals surface area contributed by atoms with Crippen molar-refractivity contribution in [2.24, 2.45) is 0 Å². The average molecular weight is 531 g/mol. The molecular formula is C29H30N4O6. The van der Waals surface area contributed by atoms with Crippen LogP contribution in [0.5, 0.6) is 17.2 Å². The van der Waals surface area contributed by atoms with Crippen LogP contribution >= 0.6 is 0 Å². The minimum Gasteiger partial charge on any atom is -0.490 e. The predicted molar refractivity (Wildman–Crippen MR) is 147 cm³/mol. The van der Waals surface area contributed by atoms with Gasteiger partial charge in [0, 0.05) is 23.4 Å². The number of nitrogens with zero attached hydrogens (tertiary/aromatic N) is 3. The summed E-state index contributed by atoms with van der Waals surface area (Å²) in [7, 11) is 0. The van der Waals surface area contributed by atoms with Crippen LogP contribution in [0.1, 0.15) is 40.9 Å². The van der Waals surface area contributed by atoms with Gasteiger partial charge in [-0.25, -0.2) is 0 Å². The Hall–Kier alpha value is -4.86. The molecule has 0 bridgehead atoms. The Balaban J connectivity index is 1.37. The van der Waals surface area contributed by atoms with E-state index in [1.54, 1.807) is 54.3 Å². The largest absolute Gasteiger partial charge is 0.490 e. The number of nitro benzene ring substituents is 1. The number of rotatable bonds is 12. The maximum Gasteiger partial charge on any atom is 0.272 e. The van der Waals surface area contributed by atoms with Gasteiger partial charge in [-0.05, 0) is 68.3 Å². The number of nitrogens with one attached hydrogen (secondary N) is 1. The second kappa shape index (κ2) is 12.6. The van der Waals surface area contributed by atoms with Gasteiger partial charge in [0.2, 0.25) is 0 Å². The molecule has 1 aromatic heterocycles. The Kier molecular flexibility index (Phi) is 8.78. The molecule has 0 aliphatic carbocycles. The summed E-state index contributed by atoms with van der Waals surface area (Å²) in [6.07, 6.45) is 3.36. The standard InChI is InChI=1S/C29H30N4O6/c1-4-37-27-12-9-21(15-28(27)38-5-2)17-32-18-24(16-30-32)31-29(34)23-8-6-7-22(14-23)19-39-25-10-11-26(33(35)36)20(3)13-25/h6-16,18H,4-5,17,19H2,1-3H3,(H,31,34). The molecule has 0 unspecified atom stereocenters. The van der Waals surface area contributed by atoms with E-state index in [1.807, 2.05) is 38.1 Å². The molecule has 0 saturated heterocycles. The molecule has 0 aliphatic rings. The van der Waals surface area contributed by atoms with Gasteiger partial charge < -0.3 is 19.5 Å². The van der Waals surface area contributed by atoms with Gasteiger partial charge in [0.25, 0.3) is 11.6 Å². The fourth-order valence-corrected chi connectivity index (χ4v) is 3.99. The van der Waals surface area contributed by atoms with E-state index in [1.165, 1.54) is 6.07 Å². The third-order valence-corrected chi connectivity index (χ3v) is 5.80. The lowest BCUT2D eigenvalue weighted by Crippen LogP contribution is -2.12. The van der Waals surface area contributed by atoms with Gasteiger partial charge in [-0.3, -0.25) is 19.6 Å². The Labute approximate surface area is 226 Å². The number of hydrogen-bond donors (Lipinski definition) is 1. The molecule has 0 fully saturated rings. The Morgan fingerprint density at radius 3 is 2.51 bits per heavy atom. The van der Waals surface area contributed by atoms with E-state index in [2.05, 4.69) is 10.4 Å². The first-order chi connectivity index (χ1) is 18.9. The summed E-state index contributed by atoms with van der Waals surface area (Å²) >= 11 is 0. The first kappa shape index (κ1) is 27.2. The molecule has 0 atom stereocenters. The lowest BCUT2D eigenvalue weighted by molar-refractivity contribution is -0.385. The molecule has 1 N–H and O–H groups in total. The molecule has 39 heavy (non-hydrogen) atoms. The molecule has 1 amide bonds. The summed E-state index contributed by atoms with van der Waals surface area (Å²) < 4.78 is 18.8. The number of hydrogen-bond acceptors (Lipinski definition) is 7. The van der Waals surface area contributed by atoms with E-state index >= 15 is 0 Å². The summed E-state index contributed by atoms with van der Waals surface area (Å²) in [6.45, 7) is 7.31. The number of amides is 1. The molecule has 10 nitrogen and oxygen atoms in total. The molecule has 4 aromatic rings. The highest BCUT2D eigenvalue weighted by atomic mass is 16.6. The zero-order valence-corrected chi connectivity index (χ0v) is 22.0. The zero-order chi connectivity index (χ0) is 27.8. The molecule has 0 saturated carbocycles. The van der Waals surface area contributed by atoms with E-state index in [-0.39, 0.29) is 18.2 Å². The highest BCUT2D eigenvalue weighted by Crippen LogP contribution is 2.29. The van der Waals surface area contributed by atoms with Crippen LogP contribution in [0, 0.1) is 17.0 Å². The molecule has 0 radical (unpaired) electrons. The summed E-state index contributed by atoms with van der Waals surface area (Å²) in [5.74, 6) is 1.63. The number of anilines is 1. The third-order valence-electron chi connectivity index (χ3n) is 5.80. The van der Waals surface area contributed by atoms with Crippen molar-refractivity contribution in [3.8, 4) is 17.2 Å². The summed E-state index contributed by atoms with van der Waals surface area (Å²) in [6, 6.07) is 17.5. The number of carbonyl (C=O) groups excluding carboxylic acids is 1. The number of benzene rings is 3. The fraction of sp³-hybridized carbons (Fsp3) is 0.241. The number of nitro groups is 1. The van der Waals surface area contributed by atoms with Crippen LogP contribution in [0.15, 0.2) is 73.1 Å². The number of aryl methyl sites for hydroxylation is 1. The highest BCUT2D eigenvalue weighted by Gasteiger charge is 2.13. The summed E-state index contributed by atoms with van der Waals surface area (Å²) in [5, 5.41) is 18.2. The van der Waals surface area contributed by atoms with Gasteiger partial charge in [0.1, 0.15) is 12.4 Å². The number of aromatic nitrogens is 2. The zero-order valence-electron chi connectivity index (χ0n) is 22.0. The van der Waals surface area contributed by atoms with Crippen LogP contribution in [-0.2, 0) is 13.2 Å². The van der Waals surface area contributed by atoms with E-state index in [9.17, 15) is 14.9 Å². The molecule has 0 aliphatic heterocycles. The monoisotopic (exact) mass is 530 g/mol. The third kappa shape index (κ3) is 7.13. The SMILES string of the molecule is CCOc1ccc(Cn2cc(NC(=O)c3cccc(COc4ccc([N+](=O)[O-])c(C)c4)c3)cn2)cc1OCC. The van der Waals surface area contributed by atoms with Crippen LogP contribution in [0.25, 0.3) is 0 Å². The van der Waals surface area contributed by atoms with E-state index < -0.39 is 4.92 Å². The van der Waals surface area contributed by atoms with Gasteiger partial charge in [-0.15, -0.1) is 0 Å². The van der Waals surface area contributed by atoms with Crippen molar-refractivity contribution in [1.29, 1.82) is 0 Å². The molecular weight excluding hydrogens is 500 g/mol. The normalized spacial score (nSPS) is 10.6. The van der Waals surface area contributed by atoms with Crippen LogP contribution < -0.4 is 19.5 Å². The maximum absolute atomic E-state index is 12.9. The molecule has 1 heterocycles. The van der Waals surface area contributed by atoms with E-state index in [4.69, 9.17) is 14.2 Å². The number of ether oxygens (including phenoxy) is 3. The van der Waals surface area contributed by atoms with Crippen molar-refractivity contribution >= 4 is 17.3 Å². The van der Waals surface area contributed by atoms with Gasteiger partial charge in [0.15, 0.2) is 11.5 Å². The Bertz CT molecular complexity index is 1470. The predicted octanol–water partition coefficient (Wildman–Crippen LogP) is 5.78. The fourth-order valence-electron chi connectivity index (χ4n) is 3.99. The topological polar surface area (TPSA) is 118 Å². The Morgan fingerprint density at radius 1 is 0.974 bits per heavy atom. The smallest absolute Gasteiger partial charge is 0.272 e. The first-order valence-electron chi connectivity index (χ1n) is 12.6. The summed E-state index contributed by atoms with van der Waals surface area (Å²) in [5.41, 5.74) is 3.37. The van der Waals surface area contributed by atoms with Gasteiger partial charge in [-0.2, -0.15) is 5.10 Å². The van der Waals surface area contributed by atoms with Crippen LogP contribution in [-0.4, -0.2) is 33.8 Å². The minimum atomic E-state index is -0.427. The highest BCUT2D eigenvalue weighted by molar-refractivity contribution is 6.04. The molecule has 202 valence electrons. The lowest BCUT2D eigenvalue weighted by atomic mass is 10.1. The summed E-state index contributed by atoms with van der Waals surface area (Å²) in [4.78, 5) is 23.5. The van der Waals surface area contributed by atoms with Gasteiger partial charge in [0.05, 0.1) is 36.6 Å². The first-order valence-corrected chi connectivity index (χ1v) is 12.6. The quantitative estimate of drug-likeness (QED) is 0.182. The van der Waals surface area contributed by atoms with Crippen molar-refractivity contribution in [2.75, 3.05) is 18.5 Å². The van der Waals surface area contributed by atoms with Crippen LogP contribution in [0.4, 0.5) is 11.4 Å². The van der Waals surface area contributed by atoms with Crippen molar-refractivity contribution in [1.82, 2.24) is 9.78 Å². The average Bonchev–Trinajstić information content (AvgIpc) is 3.35.